The van der Waals surface area contributed by atoms with Gasteiger partial charge in [-0.2, -0.15) is 0 Å². The molecule has 5 nitrogen and oxygen atoms in total. The van der Waals surface area contributed by atoms with E-state index in [0.29, 0.717) is 17.2 Å². The number of benzene rings is 1. The van der Waals surface area contributed by atoms with Crippen molar-refractivity contribution >= 4 is 11.7 Å². The van der Waals surface area contributed by atoms with E-state index >= 15 is 0 Å². The van der Waals surface area contributed by atoms with Crippen LogP contribution in [0, 0.1) is 12.7 Å². The Hall–Kier alpha value is -2.50. The van der Waals surface area contributed by atoms with Gasteiger partial charge in [-0.3, -0.25) is 4.79 Å². The van der Waals surface area contributed by atoms with Gasteiger partial charge in [0.2, 0.25) is 0 Å². The SMILES string of the molecule is CCC(C)Nc1cc(C(=O)NCc2ccccc2F)nc(C)n1. The number of anilines is 1. The molecule has 0 aliphatic heterocycles. The van der Waals surface area contributed by atoms with Gasteiger partial charge in [-0.25, -0.2) is 14.4 Å². The summed E-state index contributed by atoms with van der Waals surface area (Å²) in [6.45, 7) is 5.95. The Morgan fingerprint density at radius 2 is 2.04 bits per heavy atom. The molecule has 1 atom stereocenters. The van der Waals surface area contributed by atoms with Crippen molar-refractivity contribution in [1.82, 2.24) is 15.3 Å². The minimum atomic E-state index is -0.356. The summed E-state index contributed by atoms with van der Waals surface area (Å²) in [5.41, 5.74) is 0.698. The fourth-order valence-corrected chi connectivity index (χ4v) is 2.02. The van der Waals surface area contributed by atoms with Crippen LogP contribution in [0.15, 0.2) is 30.3 Å². The van der Waals surface area contributed by atoms with Crippen molar-refractivity contribution in [1.29, 1.82) is 0 Å². The van der Waals surface area contributed by atoms with E-state index in [1.807, 2.05) is 6.92 Å². The molecular formula is C17H21FN4O. The van der Waals surface area contributed by atoms with E-state index in [9.17, 15) is 9.18 Å². The number of halogens is 1. The van der Waals surface area contributed by atoms with Crippen LogP contribution in [0.25, 0.3) is 0 Å². The molecule has 2 aromatic rings. The van der Waals surface area contributed by atoms with Gasteiger partial charge in [0.15, 0.2) is 0 Å². The van der Waals surface area contributed by atoms with Gasteiger partial charge in [-0.05, 0) is 26.3 Å². The summed E-state index contributed by atoms with van der Waals surface area (Å²) in [5, 5.41) is 5.90. The third-order valence-electron chi connectivity index (χ3n) is 3.47. The molecule has 1 aromatic heterocycles. The molecule has 0 saturated carbocycles. The molecule has 1 aromatic carbocycles. The van der Waals surface area contributed by atoms with E-state index in [0.717, 1.165) is 6.42 Å². The molecule has 0 fully saturated rings. The lowest BCUT2D eigenvalue weighted by molar-refractivity contribution is 0.0945. The van der Waals surface area contributed by atoms with Crippen LogP contribution < -0.4 is 10.6 Å². The van der Waals surface area contributed by atoms with Crippen LogP contribution in [0.3, 0.4) is 0 Å². The van der Waals surface area contributed by atoms with Gasteiger partial charge in [0.05, 0.1) is 0 Å². The molecule has 23 heavy (non-hydrogen) atoms. The van der Waals surface area contributed by atoms with Gasteiger partial charge in [-0.15, -0.1) is 0 Å². The minimum Gasteiger partial charge on any atom is -0.368 e. The maximum atomic E-state index is 13.6. The number of rotatable bonds is 6. The van der Waals surface area contributed by atoms with Crippen molar-refractivity contribution in [2.24, 2.45) is 0 Å². The van der Waals surface area contributed by atoms with Crippen molar-refractivity contribution in [3.63, 3.8) is 0 Å². The average molecular weight is 316 g/mol. The van der Waals surface area contributed by atoms with Crippen LogP contribution in [0.1, 0.15) is 42.1 Å². The van der Waals surface area contributed by atoms with Crippen LogP contribution in [-0.4, -0.2) is 21.9 Å². The van der Waals surface area contributed by atoms with Crippen LogP contribution >= 0.6 is 0 Å². The highest BCUT2D eigenvalue weighted by molar-refractivity contribution is 5.92. The Balaban J connectivity index is 2.08. The van der Waals surface area contributed by atoms with Crippen LogP contribution in [0.4, 0.5) is 10.2 Å². The largest absolute Gasteiger partial charge is 0.368 e. The maximum absolute atomic E-state index is 13.6. The monoisotopic (exact) mass is 316 g/mol. The quantitative estimate of drug-likeness (QED) is 0.859. The van der Waals surface area contributed by atoms with E-state index in [1.165, 1.54) is 6.07 Å². The molecule has 0 spiro atoms. The molecule has 1 amide bonds. The zero-order valence-electron chi connectivity index (χ0n) is 13.6. The first-order chi connectivity index (χ1) is 11.0. The fraction of sp³-hybridized carbons (Fsp3) is 0.353. The molecule has 2 N–H and O–H groups in total. The predicted molar refractivity (Wildman–Crippen MR) is 87.7 cm³/mol. The molecule has 0 radical (unpaired) electrons. The number of carbonyl (C=O) groups excluding carboxylic acids is 1. The average Bonchev–Trinajstić information content (AvgIpc) is 2.53. The van der Waals surface area contributed by atoms with Crippen molar-refractivity contribution in [2.45, 2.75) is 39.8 Å². The number of carbonyl (C=O) groups is 1. The molecule has 1 unspecified atom stereocenters. The van der Waals surface area contributed by atoms with Gasteiger partial charge in [0.1, 0.15) is 23.2 Å². The Kier molecular flexibility index (Phi) is 5.62. The smallest absolute Gasteiger partial charge is 0.270 e. The Morgan fingerprint density at radius 3 is 2.74 bits per heavy atom. The lowest BCUT2D eigenvalue weighted by Gasteiger charge is -2.13. The predicted octanol–water partition coefficient (Wildman–Crippen LogP) is 3.06. The number of nitrogens with one attached hydrogen (secondary N) is 2. The third kappa shape index (κ3) is 4.74. The molecule has 6 heteroatoms. The van der Waals surface area contributed by atoms with Crippen LogP contribution in [-0.2, 0) is 6.54 Å². The van der Waals surface area contributed by atoms with E-state index in [1.54, 1.807) is 31.2 Å². The van der Waals surface area contributed by atoms with E-state index in [-0.39, 0.29) is 30.0 Å². The number of aryl methyl sites for hydroxylation is 1. The van der Waals surface area contributed by atoms with Gasteiger partial charge in [0, 0.05) is 24.2 Å². The number of nitrogens with zero attached hydrogens (tertiary/aromatic N) is 2. The van der Waals surface area contributed by atoms with E-state index < -0.39 is 0 Å². The zero-order chi connectivity index (χ0) is 16.8. The first kappa shape index (κ1) is 16.9. The van der Waals surface area contributed by atoms with Gasteiger partial charge < -0.3 is 10.6 Å². The van der Waals surface area contributed by atoms with Gasteiger partial charge in [-0.1, -0.05) is 25.1 Å². The van der Waals surface area contributed by atoms with Crippen molar-refractivity contribution in [3.8, 4) is 0 Å². The second-order valence-corrected chi connectivity index (χ2v) is 5.41. The highest BCUT2D eigenvalue weighted by Crippen LogP contribution is 2.10. The third-order valence-corrected chi connectivity index (χ3v) is 3.47. The summed E-state index contributed by atoms with van der Waals surface area (Å²) in [7, 11) is 0. The number of hydrogen-bond acceptors (Lipinski definition) is 4. The molecule has 122 valence electrons. The Bertz CT molecular complexity index is 690. The summed E-state index contributed by atoms with van der Waals surface area (Å²) in [6.07, 6.45) is 0.942. The lowest BCUT2D eigenvalue weighted by Crippen LogP contribution is -2.25. The fourth-order valence-electron chi connectivity index (χ4n) is 2.02. The number of amides is 1. The van der Waals surface area contributed by atoms with Crippen LogP contribution in [0.2, 0.25) is 0 Å². The second-order valence-electron chi connectivity index (χ2n) is 5.41. The van der Waals surface area contributed by atoms with E-state index in [2.05, 4.69) is 27.5 Å². The number of hydrogen-bond donors (Lipinski definition) is 2. The zero-order valence-corrected chi connectivity index (χ0v) is 13.6. The summed E-state index contributed by atoms with van der Waals surface area (Å²) in [6, 6.07) is 8.20. The van der Waals surface area contributed by atoms with Crippen molar-refractivity contribution < 1.29 is 9.18 Å². The minimum absolute atomic E-state index is 0.114. The first-order valence-electron chi connectivity index (χ1n) is 7.63. The molecule has 0 bridgehead atoms. The highest BCUT2D eigenvalue weighted by atomic mass is 19.1. The Morgan fingerprint density at radius 1 is 1.30 bits per heavy atom. The van der Waals surface area contributed by atoms with Crippen molar-refractivity contribution in [3.05, 3.63) is 53.2 Å². The molecule has 2 rings (SSSR count). The normalized spacial score (nSPS) is 11.8. The lowest BCUT2D eigenvalue weighted by atomic mass is 10.2. The standard InChI is InChI=1S/C17H21FN4O/c1-4-11(2)20-16-9-15(21-12(3)22-16)17(23)19-10-13-7-5-6-8-14(13)18/h5-9,11H,4,10H2,1-3H3,(H,19,23)(H,20,21,22). The molecule has 0 aliphatic carbocycles. The molecule has 1 heterocycles. The second kappa shape index (κ2) is 7.67. The van der Waals surface area contributed by atoms with E-state index in [4.69, 9.17) is 0 Å². The summed E-state index contributed by atoms with van der Waals surface area (Å²) >= 11 is 0. The summed E-state index contributed by atoms with van der Waals surface area (Å²) in [4.78, 5) is 20.7. The summed E-state index contributed by atoms with van der Waals surface area (Å²) < 4.78 is 13.6. The number of aromatic nitrogens is 2. The van der Waals surface area contributed by atoms with Crippen LogP contribution in [0.5, 0.6) is 0 Å². The van der Waals surface area contributed by atoms with Crippen molar-refractivity contribution in [2.75, 3.05) is 5.32 Å². The molecule has 0 saturated heterocycles. The molecular weight excluding hydrogens is 295 g/mol. The topological polar surface area (TPSA) is 66.9 Å². The Labute approximate surface area is 135 Å². The summed E-state index contributed by atoms with van der Waals surface area (Å²) in [5.74, 6) is 0.425. The maximum Gasteiger partial charge on any atom is 0.270 e. The van der Waals surface area contributed by atoms with Gasteiger partial charge in [0.25, 0.3) is 5.91 Å². The van der Waals surface area contributed by atoms with Gasteiger partial charge >= 0.3 is 0 Å². The first-order valence-corrected chi connectivity index (χ1v) is 7.63. The molecule has 0 aliphatic rings. The highest BCUT2D eigenvalue weighted by Gasteiger charge is 2.12.